The number of carbonyl (C=O) groups excluding carboxylic acids is 1. The van der Waals surface area contributed by atoms with Gasteiger partial charge in [0.1, 0.15) is 5.69 Å². The number of carbonyl (C=O) groups is 1. The maximum absolute atomic E-state index is 11.5. The van der Waals surface area contributed by atoms with Crippen LogP contribution >= 0.6 is 0 Å². The summed E-state index contributed by atoms with van der Waals surface area (Å²) in [5.74, 6) is 0.109. The number of aromatic nitrogens is 1. The first-order chi connectivity index (χ1) is 9.11. The molecule has 1 aliphatic rings. The molecule has 0 atom stereocenters. The lowest BCUT2D eigenvalue weighted by Crippen LogP contribution is -2.42. The van der Waals surface area contributed by atoms with Crippen molar-refractivity contribution in [2.45, 2.75) is 32.2 Å². The smallest absolute Gasteiger partial charge is 0.180 e. The minimum atomic E-state index is 0.109. The molecule has 1 aromatic heterocycles. The van der Waals surface area contributed by atoms with Crippen LogP contribution in [0.5, 0.6) is 0 Å². The third-order valence-corrected chi connectivity index (χ3v) is 3.91. The maximum atomic E-state index is 11.5. The molecular formula is C15H23N3O. The van der Waals surface area contributed by atoms with Gasteiger partial charge in [0, 0.05) is 25.6 Å². The number of piperidine rings is 1. The van der Waals surface area contributed by atoms with E-state index in [4.69, 9.17) is 0 Å². The van der Waals surface area contributed by atoms with Crippen molar-refractivity contribution < 1.29 is 4.79 Å². The van der Waals surface area contributed by atoms with Crippen molar-refractivity contribution in [1.29, 1.82) is 0 Å². The van der Waals surface area contributed by atoms with E-state index in [1.807, 2.05) is 25.3 Å². The van der Waals surface area contributed by atoms with Gasteiger partial charge in [0.05, 0.1) is 11.9 Å². The molecule has 1 aromatic rings. The highest BCUT2D eigenvalue weighted by Gasteiger charge is 2.20. The highest BCUT2D eigenvalue weighted by atomic mass is 16.1. The van der Waals surface area contributed by atoms with Gasteiger partial charge >= 0.3 is 0 Å². The molecule has 0 unspecified atom stereocenters. The Morgan fingerprint density at radius 1 is 1.37 bits per heavy atom. The molecule has 1 fully saturated rings. The Morgan fingerprint density at radius 3 is 2.53 bits per heavy atom. The second-order valence-electron chi connectivity index (χ2n) is 5.36. The fourth-order valence-electron chi connectivity index (χ4n) is 2.56. The van der Waals surface area contributed by atoms with E-state index in [0.717, 1.165) is 18.8 Å². The van der Waals surface area contributed by atoms with Crippen molar-refractivity contribution in [3.63, 3.8) is 0 Å². The molecule has 0 N–H and O–H groups in total. The quantitative estimate of drug-likeness (QED) is 0.779. The van der Waals surface area contributed by atoms with E-state index in [2.05, 4.69) is 28.9 Å². The van der Waals surface area contributed by atoms with Crippen LogP contribution in [-0.2, 0) is 0 Å². The Kier molecular flexibility index (Phi) is 4.53. The number of nitrogens with zero attached hydrogens (tertiary/aromatic N) is 3. The number of anilines is 1. The average molecular weight is 261 g/mol. The highest BCUT2D eigenvalue weighted by molar-refractivity contribution is 5.94. The standard InChI is InChI=1S/C15H23N3O/c1-4-15(19)14-6-5-13(11-16-14)18-9-7-12(8-10-18)17(2)3/h5-6,11-12H,4,7-10H2,1-3H3. The summed E-state index contributed by atoms with van der Waals surface area (Å²) < 4.78 is 0. The Hall–Kier alpha value is -1.42. The zero-order chi connectivity index (χ0) is 13.8. The fourth-order valence-corrected chi connectivity index (χ4v) is 2.56. The number of hydrogen-bond donors (Lipinski definition) is 0. The number of Topliss-reactive ketones (excluding diaryl/α,β-unsaturated/α-hetero) is 1. The fraction of sp³-hybridized carbons (Fsp3) is 0.600. The van der Waals surface area contributed by atoms with E-state index < -0.39 is 0 Å². The van der Waals surface area contributed by atoms with Crippen LogP contribution in [-0.4, -0.2) is 48.9 Å². The topological polar surface area (TPSA) is 36.4 Å². The molecule has 1 saturated heterocycles. The van der Waals surface area contributed by atoms with Gasteiger partial charge in [-0.15, -0.1) is 0 Å². The molecule has 4 heteroatoms. The van der Waals surface area contributed by atoms with E-state index in [1.165, 1.54) is 12.8 Å². The average Bonchev–Trinajstić information content (AvgIpc) is 2.46. The number of rotatable bonds is 4. The summed E-state index contributed by atoms with van der Waals surface area (Å²) >= 11 is 0. The molecule has 4 nitrogen and oxygen atoms in total. The number of hydrogen-bond acceptors (Lipinski definition) is 4. The lowest BCUT2D eigenvalue weighted by atomic mass is 10.0. The summed E-state index contributed by atoms with van der Waals surface area (Å²) in [4.78, 5) is 20.5. The second-order valence-corrected chi connectivity index (χ2v) is 5.36. The van der Waals surface area contributed by atoms with Gasteiger partial charge in [-0.1, -0.05) is 6.92 Å². The molecular weight excluding hydrogens is 238 g/mol. The molecule has 0 spiro atoms. The van der Waals surface area contributed by atoms with Gasteiger partial charge in [0.25, 0.3) is 0 Å². The summed E-state index contributed by atoms with van der Waals surface area (Å²) in [6.45, 7) is 3.99. The Labute approximate surface area is 115 Å². The Morgan fingerprint density at radius 2 is 2.05 bits per heavy atom. The number of pyridine rings is 1. The summed E-state index contributed by atoms with van der Waals surface area (Å²) in [6, 6.07) is 4.55. The molecule has 0 radical (unpaired) electrons. The van der Waals surface area contributed by atoms with Crippen LogP contribution in [0.1, 0.15) is 36.7 Å². The van der Waals surface area contributed by atoms with Crippen molar-refractivity contribution in [2.75, 3.05) is 32.1 Å². The molecule has 0 bridgehead atoms. The van der Waals surface area contributed by atoms with Crippen LogP contribution in [0.3, 0.4) is 0 Å². The molecule has 1 aliphatic heterocycles. The molecule has 2 rings (SSSR count). The minimum absolute atomic E-state index is 0.109. The third kappa shape index (κ3) is 3.32. The first-order valence-corrected chi connectivity index (χ1v) is 7.02. The zero-order valence-electron chi connectivity index (χ0n) is 12.1. The van der Waals surface area contributed by atoms with Gasteiger partial charge in [-0.25, -0.2) is 0 Å². The normalized spacial score (nSPS) is 16.9. The zero-order valence-corrected chi connectivity index (χ0v) is 12.1. The van der Waals surface area contributed by atoms with Crippen molar-refractivity contribution in [1.82, 2.24) is 9.88 Å². The van der Waals surface area contributed by atoms with Crippen LogP contribution in [0.15, 0.2) is 18.3 Å². The first kappa shape index (κ1) is 14.0. The van der Waals surface area contributed by atoms with Crippen molar-refractivity contribution in [3.05, 3.63) is 24.0 Å². The monoisotopic (exact) mass is 261 g/mol. The van der Waals surface area contributed by atoms with Gasteiger partial charge in [0.2, 0.25) is 0 Å². The first-order valence-electron chi connectivity index (χ1n) is 7.02. The van der Waals surface area contributed by atoms with Gasteiger partial charge < -0.3 is 9.80 Å². The van der Waals surface area contributed by atoms with Gasteiger partial charge in [0.15, 0.2) is 5.78 Å². The van der Waals surface area contributed by atoms with Crippen molar-refractivity contribution >= 4 is 11.5 Å². The van der Waals surface area contributed by atoms with Crippen LogP contribution in [0.4, 0.5) is 5.69 Å². The molecule has 104 valence electrons. The second kappa shape index (κ2) is 6.15. The van der Waals surface area contributed by atoms with E-state index in [1.54, 1.807) is 0 Å². The number of ketones is 1. The van der Waals surface area contributed by atoms with E-state index in [-0.39, 0.29) is 5.78 Å². The van der Waals surface area contributed by atoms with Gasteiger partial charge in [-0.05, 0) is 39.1 Å². The molecule has 0 aromatic carbocycles. The lowest BCUT2D eigenvalue weighted by molar-refractivity contribution is 0.0983. The Bertz CT molecular complexity index is 420. The lowest BCUT2D eigenvalue weighted by Gasteiger charge is -2.36. The minimum Gasteiger partial charge on any atom is -0.370 e. The van der Waals surface area contributed by atoms with E-state index in [9.17, 15) is 4.79 Å². The summed E-state index contributed by atoms with van der Waals surface area (Å²) in [6.07, 6.45) is 4.71. The van der Waals surface area contributed by atoms with Crippen LogP contribution in [0.2, 0.25) is 0 Å². The predicted molar refractivity (Wildman–Crippen MR) is 77.8 cm³/mol. The third-order valence-electron chi connectivity index (χ3n) is 3.91. The molecule has 2 heterocycles. The van der Waals surface area contributed by atoms with Crippen molar-refractivity contribution in [2.24, 2.45) is 0 Å². The highest BCUT2D eigenvalue weighted by Crippen LogP contribution is 2.21. The molecule has 19 heavy (non-hydrogen) atoms. The summed E-state index contributed by atoms with van der Waals surface area (Å²) in [5, 5.41) is 0. The predicted octanol–water partition coefficient (Wildman–Crippen LogP) is 2.20. The summed E-state index contributed by atoms with van der Waals surface area (Å²) in [5.41, 5.74) is 1.71. The molecule has 0 saturated carbocycles. The largest absolute Gasteiger partial charge is 0.370 e. The molecule has 0 aliphatic carbocycles. The SMILES string of the molecule is CCC(=O)c1ccc(N2CCC(N(C)C)CC2)cn1. The summed E-state index contributed by atoms with van der Waals surface area (Å²) in [7, 11) is 4.29. The Balaban J connectivity index is 1.98. The van der Waals surface area contributed by atoms with Crippen LogP contribution in [0, 0.1) is 0 Å². The molecule has 0 amide bonds. The van der Waals surface area contributed by atoms with E-state index in [0.29, 0.717) is 18.2 Å². The van der Waals surface area contributed by atoms with Gasteiger partial charge in [-0.2, -0.15) is 0 Å². The van der Waals surface area contributed by atoms with E-state index >= 15 is 0 Å². The van der Waals surface area contributed by atoms with Crippen molar-refractivity contribution in [3.8, 4) is 0 Å². The van der Waals surface area contributed by atoms with Crippen LogP contribution < -0.4 is 4.90 Å². The van der Waals surface area contributed by atoms with Crippen LogP contribution in [0.25, 0.3) is 0 Å². The van der Waals surface area contributed by atoms with Gasteiger partial charge in [-0.3, -0.25) is 9.78 Å². The maximum Gasteiger partial charge on any atom is 0.180 e.